The van der Waals surface area contributed by atoms with E-state index in [1.165, 1.54) is 0 Å². The molecule has 0 bridgehead atoms. The van der Waals surface area contributed by atoms with Crippen LogP contribution in [0.1, 0.15) is 65.0 Å². The first kappa shape index (κ1) is 29.9. The maximum Gasteiger partial charge on any atom is 0.254 e. The van der Waals surface area contributed by atoms with E-state index in [9.17, 15) is 9.59 Å². The Morgan fingerprint density at radius 1 is 1.11 bits per heavy atom. The minimum Gasteiger partial charge on any atom is -0.378 e. The third-order valence-electron chi connectivity index (χ3n) is 10.6. The number of hydrogen-bond donors (Lipinski definition) is 1. The van der Waals surface area contributed by atoms with Crippen LogP contribution in [0.25, 0.3) is 5.65 Å². The Balaban J connectivity index is 0.00000312. The number of anilines is 1. The zero-order valence-electron chi connectivity index (χ0n) is 24.3. The number of carbonyl (C=O) groups is 2. The molecule has 11 heteroatoms. The molecule has 9 rings (SSSR count). The molecule has 1 saturated carbocycles. The molecule has 4 aromatic rings. The van der Waals surface area contributed by atoms with Crippen LogP contribution < -0.4 is 5.32 Å². The highest BCUT2D eigenvalue weighted by molar-refractivity contribution is 6.31. The van der Waals surface area contributed by atoms with E-state index in [4.69, 9.17) is 32.9 Å². The van der Waals surface area contributed by atoms with Crippen molar-refractivity contribution in [3.63, 3.8) is 0 Å². The second-order valence-corrected chi connectivity index (χ2v) is 13.8. The Hall–Kier alpha value is -3.50. The summed E-state index contributed by atoms with van der Waals surface area (Å²) in [4.78, 5) is 37.2. The van der Waals surface area contributed by atoms with Crippen LogP contribution in [0.4, 0.5) is 10.1 Å². The van der Waals surface area contributed by atoms with Gasteiger partial charge in [-0.05, 0) is 54.7 Å². The molecule has 5 aliphatic rings. The van der Waals surface area contributed by atoms with Crippen LogP contribution in [-0.2, 0) is 21.5 Å². The Labute approximate surface area is 276 Å². The number of hydrogen-bond acceptors (Lipinski definition) is 5. The molecule has 0 unspecified atom stereocenters. The summed E-state index contributed by atoms with van der Waals surface area (Å²) in [6.07, 6.45) is 4.77. The lowest BCUT2D eigenvalue weighted by molar-refractivity contribution is -0.128. The molecule has 3 fully saturated rings. The zero-order valence-corrected chi connectivity index (χ0v) is 25.8. The first-order chi connectivity index (χ1) is 21.9. The van der Waals surface area contributed by atoms with E-state index in [-0.39, 0.29) is 36.2 Å². The van der Waals surface area contributed by atoms with Gasteiger partial charge in [0, 0.05) is 77.7 Å². The van der Waals surface area contributed by atoms with Gasteiger partial charge in [0.25, 0.3) is 5.91 Å². The maximum atomic E-state index is 16.2. The lowest BCUT2D eigenvalue weighted by atomic mass is 9.71. The molecule has 5 heterocycles. The van der Waals surface area contributed by atoms with E-state index >= 15 is 4.39 Å². The number of ether oxygens (including phenoxy) is 1. The van der Waals surface area contributed by atoms with E-state index < -0.39 is 17.3 Å². The molecule has 1 N–H and O–H groups in total. The van der Waals surface area contributed by atoms with Gasteiger partial charge in [0.2, 0.25) is 5.91 Å². The van der Waals surface area contributed by atoms with Crippen LogP contribution in [0.5, 0.6) is 0 Å². The number of likely N-dealkylation sites (tertiary alicyclic amines) is 1. The van der Waals surface area contributed by atoms with Crippen molar-refractivity contribution >= 4 is 46.4 Å². The number of amides is 2. The minimum atomic E-state index is -1.17. The Bertz CT molecular complexity index is 1920. The molecular formula is C35H34Cl2FN5O3. The summed E-state index contributed by atoms with van der Waals surface area (Å²) in [6, 6.07) is 14.2. The number of benzene rings is 2. The Kier molecular flexibility index (Phi) is 6.99. The first-order valence-corrected chi connectivity index (χ1v) is 16.3. The van der Waals surface area contributed by atoms with E-state index in [1.807, 2.05) is 24.4 Å². The lowest BCUT2D eigenvalue weighted by Crippen LogP contribution is -2.53. The maximum absolute atomic E-state index is 16.2. The molecule has 3 aliphatic heterocycles. The summed E-state index contributed by atoms with van der Waals surface area (Å²) in [6.45, 7) is 2.88. The topological polar surface area (TPSA) is 79.2 Å². The molecule has 2 aliphatic carbocycles. The Morgan fingerprint density at radius 3 is 2.70 bits per heavy atom. The van der Waals surface area contributed by atoms with Gasteiger partial charge in [0.1, 0.15) is 17.0 Å². The van der Waals surface area contributed by atoms with E-state index in [0.717, 1.165) is 36.3 Å². The molecule has 2 amide bonds. The fourth-order valence-electron chi connectivity index (χ4n) is 8.48. The monoisotopic (exact) mass is 661 g/mol. The average molecular weight is 663 g/mol. The van der Waals surface area contributed by atoms with Gasteiger partial charge >= 0.3 is 0 Å². The van der Waals surface area contributed by atoms with Crippen LogP contribution >= 0.6 is 23.2 Å². The average Bonchev–Trinajstić information content (AvgIpc) is 3.49. The van der Waals surface area contributed by atoms with Gasteiger partial charge < -0.3 is 19.4 Å². The summed E-state index contributed by atoms with van der Waals surface area (Å²) in [7, 11) is 0. The number of pyridine rings is 1. The second kappa shape index (κ2) is 10.8. The molecule has 2 aromatic heterocycles. The van der Waals surface area contributed by atoms with Gasteiger partial charge in [-0.3, -0.25) is 14.5 Å². The van der Waals surface area contributed by atoms with Crippen molar-refractivity contribution in [1.82, 2.24) is 19.2 Å². The van der Waals surface area contributed by atoms with Crippen molar-refractivity contribution in [2.45, 2.75) is 50.1 Å². The van der Waals surface area contributed by atoms with Gasteiger partial charge in [-0.1, -0.05) is 48.8 Å². The summed E-state index contributed by atoms with van der Waals surface area (Å²) in [5, 5.41) is 3.67. The molecule has 2 aromatic carbocycles. The fourth-order valence-corrected chi connectivity index (χ4v) is 8.83. The number of imidazole rings is 1. The van der Waals surface area contributed by atoms with Gasteiger partial charge in [-0.25, -0.2) is 9.37 Å². The summed E-state index contributed by atoms with van der Waals surface area (Å²) < 4.78 is 23.7. The molecule has 0 radical (unpaired) electrons. The van der Waals surface area contributed by atoms with Gasteiger partial charge in [0.15, 0.2) is 0 Å². The highest BCUT2D eigenvalue weighted by Crippen LogP contribution is 2.65. The van der Waals surface area contributed by atoms with Gasteiger partial charge in [-0.15, -0.1) is 0 Å². The quantitative estimate of drug-likeness (QED) is 0.280. The van der Waals surface area contributed by atoms with Crippen LogP contribution in [-0.4, -0.2) is 69.9 Å². The number of fused-ring (bicyclic) bond motifs is 7. The molecular weight excluding hydrogens is 628 g/mol. The number of morpholine rings is 1. The summed E-state index contributed by atoms with van der Waals surface area (Å²) in [5.74, 6) is -1.17. The van der Waals surface area contributed by atoms with E-state index in [2.05, 4.69) is 14.6 Å². The minimum absolute atomic E-state index is 0. The molecule has 46 heavy (non-hydrogen) atoms. The number of halogens is 3. The number of nitrogens with one attached hydrogen (secondary N) is 1. The molecule has 238 valence electrons. The van der Waals surface area contributed by atoms with Crippen LogP contribution in [0.15, 0.2) is 54.7 Å². The Morgan fingerprint density at radius 2 is 1.91 bits per heavy atom. The van der Waals surface area contributed by atoms with Crippen molar-refractivity contribution in [3.8, 4) is 0 Å². The SMILES string of the molecule is C.O=C(c1ccn2c3c(nc2c1)[C@@H]1[C@H](C3)N(CC2CC2)[C@@]2(C(=O)Nc3cc(Cl)ccc32)[C@H]1c1cccc(Cl)c1F)N1CCOCC1. The van der Waals surface area contributed by atoms with E-state index in [0.29, 0.717) is 66.1 Å². The molecule has 2 saturated heterocycles. The van der Waals surface area contributed by atoms with Crippen molar-refractivity contribution < 1.29 is 18.7 Å². The van der Waals surface area contributed by atoms with E-state index in [1.54, 1.807) is 35.2 Å². The summed E-state index contributed by atoms with van der Waals surface area (Å²) >= 11 is 12.8. The number of aromatic nitrogens is 2. The third kappa shape index (κ3) is 4.14. The van der Waals surface area contributed by atoms with Crippen LogP contribution in [0.3, 0.4) is 0 Å². The predicted octanol–water partition coefficient (Wildman–Crippen LogP) is 6.25. The molecule has 4 atom stereocenters. The number of carbonyl (C=O) groups excluding carboxylic acids is 2. The number of rotatable bonds is 4. The predicted molar refractivity (Wildman–Crippen MR) is 174 cm³/mol. The smallest absolute Gasteiger partial charge is 0.254 e. The normalized spacial score (nSPS) is 26.6. The first-order valence-electron chi connectivity index (χ1n) is 15.6. The zero-order chi connectivity index (χ0) is 30.6. The lowest BCUT2D eigenvalue weighted by Gasteiger charge is -2.40. The molecule has 8 nitrogen and oxygen atoms in total. The van der Waals surface area contributed by atoms with Crippen molar-refractivity contribution in [1.29, 1.82) is 0 Å². The van der Waals surface area contributed by atoms with Gasteiger partial charge in [0.05, 0.1) is 23.9 Å². The number of nitrogens with zero attached hydrogens (tertiary/aromatic N) is 4. The third-order valence-corrected chi connectivity index (χ3v) is 11.1. The standard InChI is InChI=1S/C34H30Cl2FN5O3.CH4/c35-20-6-7-22-24(15-20)38-33(44)34(22)29(21-2-1-3-23(36)30(21)37)28-25(42(34)17-18-4-5-18)16-26-31(28)39-27-14-19(8-9-41(26)27)32(43)40-10-12-45-13-11-40;/h1-3,6-9,14-15,18,25,28-29H,4-5,10-13,16-17H2,(H,38,44);1H4/t25-,28+,29-,34+;/m0./s1. The van der Waals surface area contributed by atoms with Crippen molar-refractivity contribution in [3.05, 3.63) is 98.7 Å². The summed E-state index contributed by atoms with van der Waals surface area (Å²) in [5.41, 5.74) is 3.80. The van der Waals surface area contributed by atoms with Crippen molar-refractivity contribution in [2.24, 2.45) is 5.92 Å². The highest BCUT2D eigenvalue weighted by atomic mass is 35.5. The van der Waals surface area contributed by atoms with Crippen LogP contribution in [0, 0.1) is 11.7 Å². The van der Waals surface area contributed by atoms with Gasteiger partial charge in [-0.2, -0.15) is 0 Å². The highest BCUT2D eigenvalue weighted by Gasteiger charge is 2.69. The molecule has 1 spiro atoms. The van der Waals surface area contributed by atoms with Crippen LogP contribution in [0.2, 0.25) is 10.0 Å². The largest absolute Gasteiger partial charge is 0.378 e. The second-order valence-electron chi connectivity index (χ2n) is 12.9. The fraction of sp³-hybridized carbons (Fsp3) is 0.400. The van der Waals surface area contributed by atoms with Crippen molar-refractivity contribution in [2.75, 3.05) is 38.2 Å².